The van der Waals surface area contributed by atoms with E-state index in [1.807, 2.05) is 13.0 Å². The average molecular weight is 224 g/mol. The summed E-state index contributed by atoms with van der Waals surface area (Å²) in [6.45, 7) is 1.84. The molecule has 1 aromatic carbocycles. The predicted molar refractivity (Wildman–Crippen MR) is 56.8 cm³/mol. The second-order valence-corrected chi connectivity index (χ2v) is 3.35. The Morgan fingerprint density at radius 2 is 2.27 bits per heavy atom. The summed E-state index contributed by atoms with van der Waals surface area (Å²) in [6, 6.07) is 5.39. The molecule has 0 radical (unpaired) electrons. The molecule has 0 bridgehead atoms. The Labute approximate surface area is 93.2 Å². The Morgan fingerprint density at radius 1 is 1.60 bits per heavy atom. The first-order valence-corrected chi connectivity index (χ1v) is 4.85. The van der Waals surface area contributed by atoms with Gasteiger partial charge in [-0.25, -0.2) is 4.79 Å². The van der Waals surface area contributed by atoms with Gasteiger partial charge in [0.05, 0.1) is 18.2 Å². The lowest BCUT2D eigenvalue weighted by atomic mass is 10.00. The lowest BCUT2D eigenvalue weighted by Crippen LogP contribution is -2.06. The van der Waals surface area contributed by atoms with E-state index in [9.17, 15) is 4.79 Å². The van der Waals surface area contributed by atoms with Crippen LogP contribution in [0.2, 0.25) is 0 Å². The normalized spacial score (nSPS) is 9.47. The Hall–Kier alpha value is -1.53. The number of aryl methyl sites for hydroxylation is 1. The predicted octanol–water partition coefficient (Wildman–Crippen LogP) is 2.39. The van der Waals surface area contributed by atoms with Crippen LogP contribution in [0.25, 0.3) is 0 Å². The highest BCUT2D eigenvalue weighted by molar-refractivity contribution is 6.17. The minimum absolute atomic E-state index is 0.203. The molecule has 0 aliphatic rings. The number of carbonyl (C=O) groups is 1. The topological polar surface area (TPSA) is 50.1 Å². The number of carbonyl (C=O) groups excluding carboxylic acids is 1. The van der Waals surface area contributed by atoms with E-state index >= 15 is 0 Å². The van der Waals surface area contributed by atoms with Crippen molar-refractivity contribution >= 4 is 17.6 Å². The van der Waals surface area contributed by atoms with Gasteiger partial charge in [-0.05, 0) is 24.1 Å². The lowest BCUT2D eigenvalue weighted by molar-refractivity contribution is 0.0600. The minimum Gasteiger partial charge on any atom is -0.465 e. The first kappa shape index (κ1) is 11.5. The third-order valence-corrected chi connectivity index (χ3v) is 2.31. The zero-order valence-corrected chi connectivity index (χ0v) is 9.26. The lowest BCUT2D eigenvalue weighted by Gasteiger charge is -2.07. The molecule has 0 amide bonds. The summed E-state index contributed by atoms with van der Waals surface area (Å²) in [4.78, 5) is 11.4. The number of hydrogen-bond donors (Lipinski definition) is 0. The van der Waals surface area contributed by atoms with E-state index in [0.29, 0.717) is 11.1 Å². The molecule has 1 aromatic rings. The summed E-state index contributed by atoms with van der Waals surface area (Å²) in [5.74, 6) is -0.309. The second-order valence-electron chi connectivity index (χ2n) is 3.08. The molecule has 4 heteroatoms. The summed E-state index contributed by atoms with van der Waals surface area (Å²) >= 11 is 5.70. The molecule has 1 rings (SSSR count). The van der Waals surface area contributed by atoms with Crippen LogP contribution in [0.15, 0.2) is 12.1 Å². The molecule has 0 atom stereocenters. The van der Waals surface area contributed by atoms with Crippen LogP contribution in [0.5, 0.6) is 0 Å². The van der Waals surface area contributed by atoms with Gasteiger partial charge in [0.25, 0.3) is 0 Å². The van der Waals surface area contributed by atoms with Crippen LogP contribution < -0.4 is 0 Å². The first-order valence-electron chi connectivity index (χ1n) is 4.32. The van der Waals surface area contributed by atoms with Crippen molar-refractivity contribution in [3.05, 3.63) is 34.4 Å². The van der Waals surface area contributed by atoms with E-state index in [1.54, 1.807) is 12.1 Å². The fraction of sp³-hybridized carbons (Fsp3) is 0.273. The number of hydrogen-bond acceptors (Lipinski definition) is 3. The molecule has 0 aliphatic heterocycles. The zero-order chi connectivity index (χ0) is 11.4. The fourth-order valence-corrected chi connectivity index (χ4v) is 1.58. The highest BCUT2D eigenvalue weighted by Gasteiger charge is 2.15. The number of esters is 1. The van der Waals surface area contributed by atoms with Crippen molar-refractivity contribution < 1.29 is 9.53 Å². The van der Waals surface area contributed by atoms with Crippen molar-refractivity contribution in [1.82, 2.24) is 0 Å². The Balaban J connectivity index is 3.43. The number of rotatable bonds is 2. The van der Waals surface area contributed by atoms with Crippen molar-refractivity contribution in [2.75, 3.05) is 7.11 Å². The van der Waals surface area contributed by atoms with Crippen LogP contribution in [0.3, 0.4) is 0 Å². The molecule has 0 saturated heterocycles. The van der Waals surface area contributed by atoms with Gasteiger partial charge in [-0.1, -0.05) is 6.07 Å². The minimum atomic E-state index is -0.512. The number of halogens is 1. The molecule has 0 fully saturated rings. The maximum Gasteiger partial charge on any atom is 0.339 e. The monoisotopic (exact) mass is 223 g/mol. The molecule has 0 N–H and O–H groups in total. The molecule has 0 saturated carbocycles. The van der Waals surface area contributed by atoms with Gasteiger partial charge in [0.15, 0.2) is 0 Å². The summed E-state index contributed by atoms with van der Waals surface area (Å²) < 4.78 is 4.60. The molecule has 0 aliphatic carbocycles. The van der Waals surface area contributed by atoms with Crippen molar-refractivity contribution in [1.29, 1.82) is 5.26 Å². The molecular formula is C11H10ClNO2. The third kappa shape index (κ3) is 2.28. The van der Waals surface area contributed by atoms with E-state index < -0.39 is 5.97 Å². The largest absolute Gasteiger partial charge is 0.465 e. The third-order valence-electron chi connectivity index (χ3n) is 2.03. The maximum atomic E-state index is 11.4. The molecule has 0 unspecified atom stereocenters. The zero-order valence-electron chi connectivity index (χ0n) is 8.50. The standard InChI is InChI=1S/C11H10ClNO2/c1-7-3-8(5-12)10(6-13)9(4-7)11(14)15-2/h3-4H,5H2,1-2H3. The highest BCUT2D eigenvalue weighted by atomic mass is 35.5. The van der Waals surface area contributed by atoms with Crippen molar-refractivity contribution in [3.63, 3.8) is 0 Å². The van der Waals surface area contributed by atoms with Crippen LogP contribution in [-0.2, 0) is 10.6 Å². The molecule has 0 heterocycles. The quantitative estimate of drug-likeness (QED) is 0.571. The molecule has 0 spiro atoms. The van der Waals surface area contributed by atoms with Gasteiger partial charge in [-0.2, -0.15) is 5.26 Å². The van der Waals surface area contributed by atoms with E-state index in [2.05, 4.69) is 4.74 Å². The van der Waals surface area contributed by atoms with Gasteiger partial charge in [0.2, 0.25) is 0 Å². The van der Waals surface area contributed by atoms with Crippen LogP contribution in [0.1, 0.15) is 27.0 Å². The maximum absolute atomic E-state index is 11.4. The molecule has 3 nitrogen and oxygen atoms in total. The smallest absolute Gasteiger partial charge is 0.339 e. The second kappa shape index (κ2) is 4.81. The van der Waals surface area contributed by atoms with Gasteiger partial charge in [-0.3, -0.25) is 0 Å². The average Bonchev–Trinajstić information content (AvgIpc) is 2.26. The van der Waals surface area contributed by atoms with Crippen LogP contribution in [0.4, 0.5) is 0 Å². The molecule has 78 valence electrons. The van der Waals surface area contributed by atoms with Crippen molar-refractivity contribution in [2.45, 2.75) is 12.8 Å². The van der Waals surface area contributed by atoms with Crippen molar-refractivity contribution in [3.8, 4) is 6.07 Å². The van der Waals surface area contributed by atoms with Gasteiger partial charge in [0, 0.05) is 5.88 Å². The Bertz CT molecular complexity index is 435. The Kier molecular flexibility index (Phi) is 3.70. The van der Waals surface area contributed by atoms with Gasteiger partial charge in [0.1, 0.15) is 6.07 Å². The number of nitrogens with zero attached hydrogens (tertiary/aromatic N) is 1. The number of methoxy groups -OCH3 is 1. The summed E-state index contributed by atoms with van der Waals surface area (Å²) in [6.07, 6.45) is 0. The number of benzene rings is 1. The van der Waals surface area contributed by atoms with E-state index in [-0.39, 0.29) is 11.4 Å². The van der Waals surface area contributed by atoms with Gasteiger partial charge < -0.3 is 4.74 Å². The summed E-state index contributed by atoms with van der Waals surface area (Å²) in [5, 5.41) is 8.95. The van der Waals surface area contributed by atoms with Crippen LogP contribution >= 0.6 is 11.6 Å². The summed E-state index contributed by atoms with van der Waals surface area (Å²) in [5.41, 5.74) is 2.10. The fourth-order valence-electron chi connectivity index (χ4n) is 1.37. The van der Waals surface area contributed by atoms with E-state index in [1.165, 1.54) is 7.11 Å². The van der Waals surface area contributed by atoms with Crippen LogP contribution in [0, 0.1) is 18.3 Å². The van der Waals surface area contributed by atoms with E-state index in [0.717, 1.165) is 5.56 Å². The SMILES string of the molecule is COC(=O)c1cc(C)cc(CCl)c1C#N. The first-order chi connectivity index (χ1) is 7.13. The highest BCUT2D eigenvalue weighted by Crippen LogP contribution is 2.19. The van der Waals surface area contributed by atoms with E-state index in [4.69, 9.17) is 16.9 Å². The molecule has 15 heavy (non-hydrogen) atoms. The van der Waals surface area contributed by atoms with Gasteiger partial charge >= 0.3 is 5.97 Å². The summed E-state index contributed by atoms with van der Waals surface area (Å²) in [7, 11) is 1.28. The van der Waals surface area contributed by atoms with Crippen LogP contribution in [-0.4, -0.2) is 13.1 Å². The van der Waals surface area contributed by atoms with Gasteiger partial charge in [-0.15, -0.1) is 11.6 Å². The molecule has 0 aromatic heterocycles. The number of ether oxygens (including phenoxy) is 1. The molecular weight excluding hydrogens is 214 g/mol. The number of alkyl halides is 1. The number of nitriles is 1. The van der Waals surface area contributed by atoms with Crippen molar-refractivity contribution in [2.24, 2.45) is 0 Å². The Morgan fingerprint density at radius 3 is 2.73 bits per heavy atom.